The molecule has 5 nitrogen and oxygen atoms in total. The summed E-state index contributed by atoms with van der Waals surface area (Å²) >= 11 is 6.19. The van der Waals surface area contributed by atoms with E-state index in [9.17, 15) is 8.42 Å². The van der Waals surface area contributed by atoms with Gasteiger partial charge in [0.2, 0.25) is 0 Å². The number of halogens is 1. The lowest BCUT2D eigenvalue weighted by Crippen LogP contribution is -2.14. The van der Waals surface area contributed by atoms with Crippen molar-refractivity contribution >= 4 is 21.6 Å². The molecule has 1 aromatic carbocycles. The molecule has 1 aliphatic rings. The molecular formula is C20H20ClN3O2S. The Bertz CT molecular complexity index is 1090. The number of pyridine rings is 1. The minimum absolute atomic E-state index is 0.179. The van der Waals surface area contributed by atoms with E-state index in [-0.39, 0.29) is 4.90 Å². The summed E-state index contributed by atoms with van der Waals surface area (Å²) in [6.07, 6.45) is 7.35. The summed E-state index contributed by atoms with van der Waals surface area (Å²) in [4.78, 5) is 4.16. The van der Waals surface area contributed by atoms with Crippen LogP contribution in [0.5, 0.6) is 0 Å². The van der Waals surface area contributed by atoms with E-state index in [0.717, 1.165) is 47.2 Å². The van der Waals surface area contributed by atoms with E-state index in [1.807, 2.05) is 25.2 Å². The minimum atomic E-state index is -3.75. The van der Waals surface area contributed by atoms with Gasteiger partial charge in [0.15, 0.2) is 0 Å². The number of aromatic nitrogens is 2. The van der Waals surface area contributed by atoms with Crippen molar-refractivity contribution < 1.29 is 8.42 Å². The zero-order valence-electron chi connectivity index (χ0n) is 14.9. The van der Waals surface area contributed by atoms with Crippen LogP contribution in [0.15, 0.2) is 53.8 Å². The molecule has 2 heterocycles. The fraction of sp³-hybridized carbons (Fsp3) is 0.250. The molecule has 0 fully saturated rings. The van der Waals surface area contributed by atoms with E-state index in [4.69, 9.17) is 11.6 Å². The Morgan fingerprint density at radius 1 is 1.26 bits per heavy atom. The maximum absolute atomic E-state index is 13.4. The first kappa shape index (κ1) is 18.2. The lowest BCUT2D eigenvalue weighted by Gasteiger charge is -2.13. The second-order valence-corrected chi connectivity index (χ2v) is 8.91. The molecule has 0 aliphatic heterocycles. The average Bonchev–Trinajstić information content (AvgIpc) is 2.91. The number of aryl methyl sites for hydroxylation is 1. The first-order valence-corrected chi connectivity index (χ1v) is 10.7. The van der Waals surface area contributed by atoms with Crippen LogP contribution in [0, 0.1) is 0 Å². The van der Waals surface area contributed by atoms with E-state index in [0.29, 0.717) is 11.6 Å². The molecule has 27 heavy (non-hydrogen) atoms. The number of hydrogen-bond donors (Lipinski definition) is 1. The van der Waals surface area contributed by atoms with Crippen LogP contribution in [0.1, 0.15) is 23.1 Å². The maximum Gasteiger partial charge on any atom is 0.269 e. The van der Waals surface area contributed by atoms with Crippen LogP contribution in [0.3, 0.4) is 0 Å². The van der Waals surface area contributed by atoms with Crippen molar-refractivity contribution in [1.29, 1.82) is 0 Å². The summed E-state index contributed by atoms with van der Waals surface area (Å²) < 4.78 is 28.2. The topological polar surface area (TPSA) is 64.0 Å². The Morgan fingerprint density at radius 3 is 2.85 bits per heavy atom. The monoisotopic (exact) mass is 401 g/mol. The van der Waals surface area contributed by atoms with Crippen LogP contribution >= 0.6 is 11.6 Å². The van der Waals surface area contributed by atoms with Gasteiger partial charge < -0.3 is 5.32 Å². The van der Waals surface area contributed by atoms with E-state index < -0.39 is 10.0 Å². The lowest BCUT2D eigenvalue weighted by molar-refractivity contribution is 0.587. The van der Waals surface area contributed by atoms with Crippen LogP contribution in [-0.2, 0) is 29.4 Å². The van der Waals surface area contributed by atoms with E-state index in [1.165, 1.54) is 10.2 Å². The number of nitrogens with zero attached hydrogens (tertiary/aromatic N) is 2. The smallest absolute Gasteiger partial charge is 0.269 e. The van der Waals surface area contributed by atoms with Crippen molar-refractivity contribution in [3.05, 3.63) is 70.6 Å². The van der Waals surface area contributed by atoms with Gasteiger partial charge in [-0.1, -0.05) is 17.7 Å². The van der Waals surface area contributed by atoms with Crippen molar-refractivity contribution in [1.82, 2.24) is 14.3 Å². The first-order chi connectivity index (χ1) is 13.0. The molecule has 140 valence electrons. The van der Waals surface area contributed by atoms with Gasteiger partial charge in [-0.3, -0.25) is 4.98 Å². The summed E-state index contributed by atoms with van der Waals surface area (Å²) in [5.74, 6) is 0. The molecule has 0 saturated carbocycles. The summed E-state index contributed by atoms with van der Waals surface area (Å²) in [5, 5.41) is 3.82. The molecule has 4 rings (SSSR count). The molecule has 0 amide bonds. The molecule has 1 aliphatic carbocycles. The predicted molar refractivity (Wildman–Crippen MR) is 106 cm³/mol. The fourth-order valence-electron chi connectivity index (χ4n) is 3.73. The standard InChI is InChI=1S/C20H20ClN3O2S/c1-22-11-15-13-24(27(25,26)17-5-3-9-23-12-17)20-18(15)6-2-4-14-10-16(21)7-8-19(14)20/h3,5,7-10,12-13,22H,2,4,6,11H2,1H3. The quantitative estimate of drug-likeness (QED) is 0.724. The molecule has 0 atom stereocenters. The van der Waals surface area contributed by atoms with Gasteiger partial charge in [-0.2, -0.15) is 0 Å². The molecule has 1 N–H and O–H groups in total. The van der Waals surface area contributed by atoms with Gasteiger partial charge in [-0.25, -0.2) is 12.4 Å². The number of rotatable bonds is 4. The van der Waals surface area contributed by atoms with Crippen molar-refractivity contribution in [3.63, 3.8) is 0 Å². The molecule has 2 aromatic heterocycles. The third kappa shape index (κ3) is 3.18. The van der Waals surface area contributed by atoms with Gasteiger partial charge in [0.05, 0.1) is 5.69 Å². The van der Waals surface area contributed by atoms with Crippen LogP contribution in [0.25, 0.3) is 11.3 Å². The van der Waals surface area contributed by atoms with Crippen LogP contribution < -0.4 is 5.32 Å². The van der Waals surface area contributed by atoms with Crippen LogP contribution in [0.2, 0.25) is 5.02 Å². The average molecular weight is 402 g/mol. The van der Waals surface area contributed by atoms with Gasteiger partial charge in [0, 0.05) is 35.7 Å². The third-order valence-corrected chi connectivity index (χ3v) is 6.80. The van der Waals surface area contributed by atoms with E-state index in [2.05, 4.69) is 10.3 Å². The molecule has 7 heteroatoms. The first-order valence-electron chi connectivity index (χ1n) is 8.84. The SMILES string of the molecule is CNCc1cn(S(=O)(=O)c2cccnc2)c2c1CCCc1cc(Cl)ccc1-2. The maximum atomic E-state index is 13.4. The molecule has 0 bridgehead atoms. The van der Waals surface area contributed by atoms with Gasteiger partial charge in [-0.15, -0.1) is 0 Å². The summed E-state index contributed by atoms with van der Waals surface area (Å²) in [7, 11) is -1.89. The van der Waals surface area contributed by atoms with E-state index >= 15 is 0 Å². The molecule has 0 spiro atoms. The predicted octanol–water partition coefficient (Wildman–Crippen LogP) is 3.65. The Kier molecular flexibility index (Phi) is 4.80. The molecule has 0 radical (unpaired) electrons. The highest BCUT2D eigenvalue weighted by Gasteiger charge is 2.28. The molecule has 0 unspecified atom stereocenters. The summed E-state index contributed by atoms with van der Waals surface area (Å²) in [6.45, 7) is 0.612. The largest absolute Gasteiger partial charge is 0.316 e. The van der Waals surface area contributed by atoms with Crippen molar-refractivity contribution in [2.75, 3.05) is 7.05 Å². The number of hydrogen-bond acceptors (Lipinski definition) is 4. The van der Waals surface area contributed by atoms with Crippen LogP contribution in [-0.4, -0.2) is 24.4 Å². The Hall–Kier alpha value is -2.15. The number of benzene rings is 1. The zero-order chi connectivity index (χ0) is 19.0. The Labute approximate surface area is 164 Å². The highest BCUT2D eigenvalue weighted by Crippen LogP contribution is 2.38. The van der Waals surface area contributed by atoms with Gasteiger partial charge in [-0.05, 0) is 67.3 Å². The van der Waals surface area contributed by atoms with Crippen LogP contribution in [0.4, 0.5) is 0 Å². The summed E-state index contributed by atoms with van der Waals surface area (Å²) in [6, 6.07) is 8.91. The zero-order valence-corrected chi connectivity index (χ0v) is 16.5. The lowest BCUT2D eigenvalue weighted by atomic mass is 10.0. The number of fused-ring (bicyclic) bond motifs is 3. The highest BCUT2D eigenvalue weighted by atomic mass is 35.5. The Balaban J connectivity index is 2.02. The van der Waals surface area contributed by atoms with Crippen molar-refractivity contribution in [3.8, 4) is 11.3 Å². The second kappa shape index (κ2) is 7.11. The molecule has 3 aromatic rings. The summed E-state index contributed by atoms with van der Waals surface area (Å²) in [5.41, 5.74) is 4.84. The van der Waals surface area contributed by atoms with Gasteiger partial charge >= 0.3 is 0 Å². The number of nitrogens with one attached hydrogen (secondary N) is 1. The Morgan fingerprint density at radius 2 is 2.11 bits per heavy atom. The molecule has 0 saturated heterocycles. The normalized spacial score (nSPS) is 13.7. The van der Waals surface area contributed by atoms with Gasteiger partial charge in [0.25, 0.3) is 10.0 Å². The van der Waals surface area contributed by atoms with Gasteiger partial charge in [0.1, 0.15) is 4.90 Å². The fourth-order valence-corrected chi connectivity index (χ4v) is 5.31. The second-order valence-electron chi connectivity index (χ2n) is 6.66. The third-order valence-electron chi connectivity index (χ3n) is 4.92. The van der Waals surface area contributed by atoms with E-state index in [1.54, 1.807) is 24.5 Å². The highest BCUT2D eigenvalue weighted by molar-refractivity contribution is 7.90. The van der Waals surface area contributed by atoms with Crippen molar-refractivity contribution in [2.45, 2.75) is 30.7 Å². The minimum Gasteiger partial charge on any atom is -0.316 e. The molecular weight excluding hydrogens is 382 g/mol. The van der Waals surface area contributed by atoms with Crippen molar-refractivity contribution in [2.24, 2.45) is 0 Å².